The van der Waals surface area contributed by atoms with E-state index in [-0.39, 0.29) is 11.7 Å². The molecule has 3 rings (SSSR count). The van der Waals surface area contributed by atoms with E-state index >= 15 is 0 Å². The molecule has 4 heteroatoms. The summed E-state index contributed by atoms with van der Waals surface area (Å²) in [6.45, 7) is 3.48. The number of piperidine rings is 1. The normalized spacial score (nSPS) is 31.2. The minimum Gasteiger partial charge on any atom is -0.378 e. The second kappa shape index (κ2) is 5.02. The first-order valence-electron chi connectivity index (χ1n) is 6.91. The van der Waals surface area contributed by atoms with Crippen molar-refractivity contribution >= 4 is 5.78 Å². The number of nitrogens with zero attached hydrogens (tertiary/aromatic N) is 2. The number of ketones is 1. The van der Waals surface area contributed by atoms with Crippen LogP contribution >= 0.6 is 0 Å². The van der Waals surface area contributed by atoms with Crippen molar-refractivity contribution in [1.29, 1.82) is 0 Å². The summed E-state index contributed by atoms with van der Waals surface area (Å²) in [6.07, 6.45) is 3.55. The number of aryl methyl sites for hydroxylation is 1. The second-order valence-electron chi connectivity index (χ2n) is 5.76. The Kier molecular flexibility index (Phi) is 3.37. The lowest BCUT2D eigenvalue weighted by atomic mass is 9.82. The van der Waals surface area contributed by atoms with Gasteiger partial charge in [-0.15, -0.1) is 0 Å². The number of carbonyl (C=O) groups excluding carboxylic acids is 1. The largest absolute Gasteiger partial charge is 0.378 e. The number of pyridine rings is 1. The SMILES string of the molecule is Cc1ccc(C(=O)C2CC3COCC(C2)N3C)nc1. The molecule has 2 bridgehead atoms. The van der Waals surface area contributed by atoms with E-state index in [9.17, 15) is 4.79 Å². The van der Waals surface area contributed by atoms with Gasteiger partial charge in [-0.3, -0.25) is 14.7 Å². The van der Waals surface area contributed by atoms with Gasteiger partial charge in [0, 0.05) is 24.2 Å². The van der Waals surface area contributed by atoms with Gasteiger partial charge in [-0.25, -0.2) is 0 Å². The Morgan fingerprint density at radius 3 is 2.58 bits per heavy atom. The number of fused-ring (bicyclic) bond motifs is 2. The van der Waals surface area contributed by atoms with Gasteiger partial charge >= 0.3 is 0 Å². The summed E-state index contributed by atoms with van der Waals surface area (Å²) < 4.78 is 5.59. The minimum absolute atomic E-state index is 0.102. The van der Waals surface area contributed by atoms with Crippen LogP contribution < -0.4 is 0 Å². The number of ether oxygens (including phenoxy) is 1. The lowest BCUT2D eigenvalue weighted by molar-refractivity contribution is -0.0703. The molecule has 2 saturated heterocycles. The molecule has 0 amide bonds. The monoisotopic (exact) mass is 260 g/mol. The first kappa shape index (κ1) is 12.8. The molecule has 0 saturated carbocycles. The summed E-state index contributed by atoms with van der Waals surface area (Å²) in [7, 11) is 2.14. The summed E-state index contributed by atoms with van der Waals surface area (Å²) in [6, 6.07) is 4.57. The van der Waals surface area contributed by atoms with Crippen LogP contribution in [-0.4, -0.2) is 48.0 Å². The highest BCUT2D eigenvalue weighted by Gasteiger charge is 2.39. The highest BCUT2D eigenvalue weighted by atomic mass is 16.5. The molecule has 4 nitrogen and oxygen atoms in total. The van der Waals surface area contributed by atoms with E-state index in [1.165, 1.54) is 0 Å². The third-order valence-electron chi connectivity index (χ3n) is 4.42. The number of Topliss-reactive ketones (excluding diaryl/α,β-unsaturated/α-hetero) is 1. The van der Waals surface area contributed by atoms with Crippen molar-refractivity contribution in [3.8, 4) is 0 Å². The molecule has 2 fully saturated rings. The Morgan fingerprint density at radius 1 is 1.32 bits per heavy atom. The number of hydrogen-bond acceptors (Lipinski definition) is 4. The first-order chi connectivity index (χ1) is 9.15. The van der Waals surface area contributed by atoms with Gasteiger partial charge in [-0.05, 0) is 38.4 Å². The maximum atomic E-state index is 12.5. The van der Waals surface area contributed by atoms with Gasteiger partial charge in [0.1, 0.15) is 5.69 Å². The van der Waals surface area contributed by atoms with Crippen LogP contribution in [0.5, 0.6) is 0 Å². The zero-order chi connectivity index (χ0) is 13.4. The van der Waals surface area contributed by atoms with Crippen LogP contribution in [0.4, 0.5) is 0 Å². The van der Waals surface area contributed by atoms with E-state index in [1.54, 1.807) is 6.20 Å². The van der Waals surface area contributed by atoms with Crippen molar-refractivity contribution in [3.05, 3.63) is 29.6 Å². The van der Waals surface area contributed by atoms with Crippen molar-refractivity contribution < 1.29 is 9.53 Å². The molecule has 19 heavy (non-hydrogen) atoms. The van der Waals surface area contributed by atoms with Crippen LogP contribution in [0, 0.1) is 12.8 Å². The Bertz CT molecular complexity index is 458. The van der Waals surface area contributed by atoms with Gasteiger partial charge < -0.3 is 4.74 Å². The summed E-state index contributed by atoms with van der Waals surface area (Å²) in [5, 5.41) is 0. The van der Waals surface area contributed by atoms with E-state index in [0.29, 0.717) is 17.8 Å². The van der Waals surface area contributed by atoms with Crippen molar-refractivity contribution in [3.63, 3.8) is 0 Å². The topological polar surface area (TPSA) is 42.4 Å². The maximum Gasteiger partial charge on any atom is 0.184 e. The summed E-state index contributed by atoms with van der Waals surface area (Å²) in [5.74, 6) is 0.301. The third-order valence-corrected chi connectivity index (χ3v) is 4.42. The Balaban J connectivity index is 1.76. The molecular weight excluding hydrogens is 240 g/mol. The molecule has 2 aliphatic heterocycles. The molecule has 3 heterocycles. The number of carbonyl (C=O) groups is 1. The minimum atomic E-state index is 0.102. The Hall–Kier alpha value is -1.26. The second-order valence-corrected chi connectivity index (χ2v) is 5.76. The van der Waals surface area contributed by atoms with Crippen LogP contribution in [0.2, 0.25) is 0 Å². The van der Waals surface area contributed by atoms with Crippen molar-refractivity contribution in [2.75, 3.05) is 20.3 Å². The standard InChI is InChI=1S/C15H20N2O2/c1-10-3-4-14(16-7-10)15(18)11-5-12-8-19-9-13(6-11)17(12)2/h3-4,7,11-13H,5-6,8-9H2,1-2H3. The molecule has 2 aliphatic rings. The van der Waals surface area contributed by atoms with Crippen molar-refractivity contribution in [2.24, 2.45) is 5.92 Å². The summed E-state index contributed by atoms with van der Waals surface area (Å²) in [5.41, 5.74) is 1.70. The Labute approximate surface area is 113 Å². The van der Waals surface area contributed by atoms with Gasteiger partial charge in [0.2, 0.25) is 0 Å². The molecule has 2 atom stereocenters. The molecule has 0 aliphatic carbocycles. The third kappa shape index (κ3) is 2.42. The smallest absolute Gasteiger partial charge is 0.184 e. The lowest BCUT2D eigenvalue weighted by Gasteiger charge is -2.46. The quantitative estimate of drug-likeness (QED) is 0.759. The number of hydrogen-bond donors (Lipinski definition) is 0. The van der Waals surface area contributed by atoms with Crippen LogP contribution in [-0.2, 0) is 4.74 Å². The number of likely N-dealkylation sites (N-methyl/N-ethyl adjacent to an activating group) is 1. The van der Waals surface area contributed by atoms with E-state index in [2.05, 4.69) is 16.9 Å². The zero-order valence-electron chi connectivity index (χ0n) is 11.5. The highest BCUT2D eigenvalue weighted by molar-refractivity contribution is 5.96. The maximum absolute atomic E-state index is 12.5. The molecule has 2 unspecified atom stereocenters. The molecule has 0 N–H and O–H groups in total. The van der Waals surface area contributed by atoms with Gasteiger partial charge in [0.15, 0.2) is 5.78 Å². The fourth-order valence-electron chi connectivity index (χ4n) is 3.13. The molecule has 1 aromatic heterocycles. The molecule has 1 aromatic rings. The molecule has 0 spiro atoms. The van der Waals surface area contributed by atoms with Crippen molar-refractivity contribution in [2.45, 2.75) is 31.8 Å². The summed E-state index contributed by atoms with van der Waals surface area (Å²) in [4.78, 5) is 19.2. The molecule has 0 radical (unpaired) electrons. The average Bonchev–Trinajstić information content (AvgIpc) is 2.38. The molecule has 102 valence electrons. The van der Waals surface area contributed by atoms with E-state index < -0.39 is 0 Å². The first-order valence-corrected chi connectivity index (χ1v) is 6.91. The van der Waals surface area contributed by atoms with Crippen LogP contribution in [0.15, 0.2) is 18.3 Å². The van der Waals surface area contributed by atoms with Crippen LogP contribution in [0.1, 0.15) is 28.9 Å². The number of morpholine rings is 1. The van der Waals surface area contributed by atoms with Gasteiger partial charge in [-0.2, -0.15) is 0 Å². The predicted molar refractivity (Wildman–Crippen MR) is 72.2 cm³/mol. The molecular formula is C15H20N2O2. The summed E-state index contributed by atoms with van der Waals surface area (Å²) >= 11 is 0. The van der Waals surface area contributed by atoms with Gasteiger partial charge in [0.05, 0.1) is 13.2 Å². The average molecular weight is 260 g/mol. The highest BCUT2D eigenvalue weighted by Crippen LogP contribution is 2.32. The van der Waals surface area contributed by atoms with E-state index in [0.717, 1.165) is 31.6 Å². The van der Waals surface area contributed by atoms with Gasteiger partial charge in [-0.1, -0.05) is 6.07 Å². The fraction of sp³-hybridized carbons (Fsp3) is 0.600. The fourth-order valence-corrected chi connectivity index (χ4v) is 3.13. The Morgan fingerprint density at radius 2 is 2.00 bits per heavy atom. The molecule has 0 aromatic carbocycles. The van der Waals surface area contributed by atoms with Crippen LogP contribution in [0.3, 0.4) is 0 Å². The van der Waals surface area contributed by atoms with E-state index in [1.807, 2.05) is 19.1 Å². The van der Waals surface area contributed by atoms with Crippen LogP contribution in [0.25, 0.3) is 0 Å². The lowest BCUT2D eigenvalue weighted by Crippen LogP contribution is -2.55. The predicted octanol–water partition coefficient (Wildman–Crippen LogP) is 1.68. The number of rotatable bonds is 2. The van der Waals surface area contributed by atoms with Gasteiger partial charge in [0.25, 0.3) is 0 Å². The van der Waals surface area contributed by atoms with E-state index in [4.69, 9.17) is 4.74 Å². The van der Waals surface area contributed by atoms with Crippen molar-refractivity contribution in [1.82, 2.24) is 9.88 Å². The number of aromatic nitrogens is 1. The zero-order valence-corrected chi connectivity index (χ0v) is 11.5.